The van der Waals surface area contributed by atoms with Crippen molar-refractivity contribution in [2.75, 3.05) is 26.2 Å². The molecular weight excluding hydrogens is 489 g/mol. The molecule has 0 N–H and O–H groups in total. The lowest BCUT2D eigenvalue weighted by Gasteiger charge is -2.61. The zero-order chi connectivity index (χ0) is 26.2. The summed E-state index contributed by atoms with van der Waals surface area (Å²) in [6.07, 6.45) is -1.21. The summed E-state index contributed by atoms with van der Waals surface area (Å²) in [5, 5.41) is 0. The minimum absolute atomic E-state index is 0.176. The van der Waals surface area contributed by atoms with Crippen LogP contribution in [0, 0.1) is 23.7 Å². The van der Waals surface area contributed by atoms with Crippen LogP contribution in [0.4, 0.5) is 13.2 Å². The van der Waals surface area contributed by atoms with Gasteiger partial charge in [-0.05, 0) is 62.3 Å². The van der Waals surface area contributed by atoms with E-state index in [1.54, 1.807) is 4.90 Å². The Balaban J connectivity index is 1.16. The lowest BCUT2D eigenvalue weighted by Crippen LogP contribution is -2.72. The first kappa shape index (κ1) is 25.6. The van der Waals surface area contributed by atoms with Crippen molar-refractivity contribution in [1.29, 1.82) is 0 Å². The van der Waals surface area contributed by atoms with E-state index in [1.807, 2.05) is 6.92 Å². The second-order valence-electron chi connectivity index (χ2n) is 11.7. The van der Waals surface area contributed by atoms with Crippen molar-refractivity contribution >= 4 is 5.91 Å². The number of carbonyl (C=O) groups excluding carboxylic acids is 1. The molecule has 7 rings (SSSR count). The Morgan fingerprint density at radius 2 is 1.68 bits per heavy atom. The van der Waals surface area contributed by atoms with Gasteiger partial charge in [-0.1, -0.05) is 13.8 Å². The average Bonchev–Trinajstić information content (AvgIpc) is 3.11. The van der Waals surface area contributed by atoms with E-state index in [9.17, 15) is 18.0 Å². The molecule has 204 valence electrons. The topological polar surface area (TPSA) is 60.5 Å². The van der Waals surface area contributed by atoms with Crippen LogP contribution in [0.3, 0.4) is 0 Å². The summed E-state index contributed by atoms with van der Waals surface area (Å²) in [6.45, 7) is 8.61. The van der Waals surface area contributed by atoms with Crippen LogP contribution < -0.4 is 0 Å². The number of benzene rings is 1. The van der Waals surface area contributed by atoms with Crippen LogP contribution in [0.1, 0.15) is 62.4 Å². The summed E-state index contributed by atoms with van der Waals surface area (Å²) >= 11 is 0. The van der Waals surface area contributed by atoms with Crippen molar-refractivity contribution in [3.8, 4) is 0 Å². The maximum Gasteiger partial charge on any atom is 0.416 e. The van der Waals surface area contributed by atoms with Crippen molar-refractivity contribution in [1.82, 2.24) is 9.80 Å². The van der Waals surface area contributed by atoms with Gasteiger partial charge >= 0.3 is 6.18 Å². The predicted molar refractivity (Wildman–Crippen MR) is 126 cm³/mol. The quantitative estimate of drug-likeness (QED) is 0.524. The number of carbonyl (C=O) groups is 1. The monoisotopic (exact) mass is 524 g/mol. The minimum atomic E-state index is -4.42. The molecule has 6 fully saturated rings. The summed E-state index contributed by atoms with van der Waals surface area (Å²) in [7, 11) is 0. The molecule has 6 aliphatic rings. The van der Waals surface area contributed by atoms with Gasteiger partial charge in [0, 0.05) is 50.0 Å². The van der Waals surface area contributed by atoms with E-state index in [0.29, 0.717) is 38.0 Å². The van der Waals surface area contributed by atoms with Gasteiger partial charge < -0.3 is 14.4 Å². The molecular formula is C27H35F3N2O5. The number of fused-ring (bicyclic) bond motifs is 2. The highest BCUT2D eigenvalue weighted by atomic mass is 19.4. The van der Waals surface area contributed by atoms with Gasteiger partial charge in [-0.2, -0.15) is 13.2 Å². The van der Waals surface area contributed by atoms with E-state index in [1.165, 1.54) is 12.1 Å². The normalized spacial score (nSPS) is 42.3. The van der Waals surface area contributed by atoms with Gasteiger partial charge in [0.2, 0.25) is 5.79 Å². The molecule has 1 aromatic carbocycles. The first-order valence-electron chi connectivity index (χ1n) is 13.4. The van der Waals surface area contributed by atoms with Crippen LogP contribution >= 0.6 is 0 Å². The first-order valence-corrected chi connectivity index (χ1v) is 13.4. The molecule has 0 radical (unpaired) electrons. The molecule has 0 aromatic heterocycles. The molecule has 5 aliphatic heterocycles. The molecule has 37 heavy (non-hydrogen) atoms. The third-order valence-electron chi connectivity index (χ3n) is 9.54. The molecule has 1 aromatic rings. The van der Waals surface area contributed by atoms with Crippen LogP contribution in [0.5, 0.6) is 0 Å². The summed E-state index contributed by atoms with van der Waals surface area (Å²) in [4.78, 5) is 29.1. The molecule has 2 bridgehead atoms. The predicted octanol–water partition coefficient (Wildman–Crippen LogP) is 4.67. The number of alkyl halides is 3. The second-order valence-corrected chi connectivity index (χ2v) is 11.7. The highest BCUT2D eigenvalue weighted by Crippen LogP contribution is 2.60. The van der Waals surface area contributed by atoms with Crippen molar-refractivity contribution in [3.63, 3.8) is 0 Å². The molecule has 5 heterocycles. The lowest BCUT2D eigenvalue weighted by atomic mass is 9.58. The molecule has 1 amide bonds. The molecule has 1 aliphatic carbocycles. The van der Waals surface area contributed by atoms with Gasteiger partial charge in [0.05, 0.1) is 5.56 Å². The van der Waals surface area contributed by atoms with Crippen LogP contribution in [-0.2, 0) is 25.4 Å². The summed E-state index contributed by atoms with van der Waals surface area (Å²) < 4.78 is 51.8. The Morgan fingerprint density at radius 3 is 2.35 bits per heavy atom. The van der Waals surface area contributed by atoms with Gasteiger partial charge in [0.1, 0.15) is 6.23 Å². The van der Waals surface area contributed by atoms with Crippen molar-refractivity contribution < 1.29 is 37.2 Å². The summed E-state index contributed by atoms with van der Waals surface area (Å²) in [5.74, 6) is 0.137. The van der Waals surface area contributed by atoms with Gasteiger partial charge in [0.25, 0.3) is 5.91 Å². The Labute approximate surface area is 215 Å². The fourth-order valence-corrected chi connectivity index (χ4v) is 7.47. The van der Waals surface area contributed by atoms with E-state index < -0.39 is 29.4 Å². The lowest BCUT2D eigenvalue weighted by molar-refractivity contribution is -0.574. The van der Waals surface area contributed by atoms with Crippen molar-refractivity contribution in [2.24, 2.45) is 23.7 Å². The van der Waals surface area contributed by atoms with Crippen LogP contribution in [0.2, 0.25) is 0 Å². The SMILES string of the molecule is C[C@H]1[C@H](N2CCN(C(=O)c3ccc(C(F)(F)F)cc3)CC2)O[C@@H]2O[C@]3(C)CC[C@H]4[C@H](C)CC[C@@H]1[C@@]24OO3. The molecule has 0 unspecified atom stereocenters. The molecule has 7 nitrogen and oxygen atoms in total. The van der Waals surface area contributed by atoms with Crippen LogP contribution in [0.15, 0.2) is 24.3 Å². The van der Waals surface area contributed by atoms with Gasteiger partial charge in [0.15, 0.2) is 11.9 Å². The Morgan fingerprint density at radius 1 is 0.973 bits per heavy atom. The smallest absolute Gasteiger partial charge is 0.336 e. The standard InChI is InChI=1S/C27H35F3N2O5/c1-16-4-9-21-17(2)23(34-24-26(21)20(16)10-11-25(3,35-24)36-37-26)32-14-12-31(13-15-32)22(33)18-5-7-19(8-6-18)27(28,29)30/h5-8,16-17,20-21,23-24H,4,9-15H2,1-3H3/t16-,17-,20+,21+,23-,24-,25+,26-/m1/s1. The van der Waals surface area contributed by atoms with Crippen LogP contribution in [0.25, 0.3) is 0 Å². The van der Waals surface area contributed by atoms with Gasteiger partial charge in [-0.15, -0.1) is 0 Å². The third kappa shape index (κ3) is 4.11. The zero-order valence-electron chi connectivity index (χ0n) is 21.5. The number of rotatable bonds is 2. The third-order valence-corrected chi connectivity index (χ3v) is 9.54. The maximum absolute atomic E-state index is 13.0. The van der Waals surface area contributed by atoms with Crippen LogP contribution in [-0.4, -0.2) is 65.8 Å². The van der Waals surface area contributed by atoms with Gasteiger partial charge in [-0.25, -0.2) is 9.78 Å². The molecule has 8 atom stereocenters. The fourth-order valence-electron chi connectivity index (χ4n) is 7.47. The summed E-state index contributed by atoms with van der Waals surface area (Å²) in [5.41, 5.74) is -1.10. The molecule has 1 saturated carbocycles. The number of ether oxygens (including phenoxy) is 2. The number of halogens is 3. The van der Waals surface area contributed by atoms with E-state index in [2.05, 4.69) is 18.7 Å². The van der Waals surface area contributed by atoms with E-state index in [4.69, 9.17) is 19.2 Å². The van der Waals surface area contributed by atoms with E-state index in [-0.39, 0.29) is 29.5 Å². The Bertz CT molecular complexity index is 1030. The van der Waals surface area contributed by atoms with Crippen molar-refractivity contribution in [2.45, 2.75) is 76.5 Å². The maximum atomic E-state index is 13.0. The highest BCUT2D eigenvalue weighted by Gasteiger charge is 2.69. The van der Waals surface area contributed by atoms with E-state index >= 15 is 0 Å². The Hall–Kier alpha value is -1.72. The Kier molecular flexibility index (Phi) is 6.15. The summed E-state index contributed by atoms with van der Waals surface area (Å²) in [6, 6.07) is 4.43. The number of amides is 1. The number of nitrogens with zero attached hydrogens (tertiary/aromatic N) is 2. The highest BCUT2D eigenvalue weighted by molar-refractivity contribution is 5.94. The number of hydrogen-bond donors (Lipinski definition) is 0. The average molecular weight is 525 g/mol. The number of hydrogen-bond acceptors (Lipinski definition) is 6. The minimum Gasteiger partial charge on any atom is -0.336 e. The number of piperazine rings is 1. The van der Waals surface area contributed by atoms with Gasteiger partial charge in [-0.3, -0.25) is 9.69 Å². The first-order chi connectivity index (χ1) is 17.5. The van der Waals surface area contributed by atoms with E-state index in [0.717, 1.165) is 37.8 Å². The largest absolute Gasteiger partial charge is 0.416 e. The second kappa shape index (κ2) is 8.91. The zero-order valence-corrected chi connectivity index (χ0v) is 21.5. The fraction of sp³-hybridized carbons (Fsp3) is 0.741. The molecule has 1 spiro atoms. The molecule has 5 saturated heterocycles. The van der Waals surface area contributed by atoms with Crippen molar-refractivity contribution in [3.05, 3.63) is 35.4 Å². The molecule has 10 heteroatoms.